The molecule has 4 aromatic rings. The van der Waals surface area contributed by atoms with Crippen LogP contribution in [-0.2, 0) is 17.9 Å². The Hall–Kier alpha value is -4.01. The molecule has 0 bridgehead atoms. The Balaban J connectivity index is 1.42. The summed E-state index contributed by atoms with van der Waals surface area (Å²) in [5.74, 6) is 0.468. The Morgan fingerprint density at radius 3 is 2.36 bits per heavy atom. The van der Waals surface area contributed by atoms with Crippen LogP contribution in [0.15, 0.2) is 79.1 Å². The van der Waals surface area contributed by atoms with E-state index in [9.17, 15) is 9.59 Å². The minimum Gasteiger partial charge on any atom is -0.348 e. The van der Waals surface area contributed by atoms with Crippen molar-refractivity contribution in [3.63, 3.8) is 0 Å². The first kappa shape index (κ1) is 32.9. The van der Waals surface area contributed by atoms with Crippen molar-refractivity contribution in [2.24, 2.45) is 0 Å². The molecule has 1 aromatic heterocycles. The molecule has 0 aliphatic rings. The van der Waals surface area contributed by atoms with Crippen LogP contribution in [0, 0.1) is 0 Å². The molecule has 0 aliphatic carbocycles. The molecule has 4 N–H and O–H groups in total. The first-order valence-electron chi connectivity index (χ1n) is 16.0. The Kier molecular flexibility index (Phi) is 12.5. The first-order chi connectivity index (χ1) is 21.4. The maximum Gasteiger partial charge on any atom is 0.251 e. The quantitative estimate of drug-likeness (QED) is 0.118. The lowest BCUT2D eigenvalue weighted by Gasteiger charge is -2.30. The van der Waals surface area contributed by atoms with Gasteiger partial charge < -0.3 is 25.8 Å². The number of hydrogen-bond donors (Lipinski definition) is 4. The normalized spacial score (nSPS) is 12.9. The van der Waals surface area contributed by atoms with Crippen LogP contribution in [-0.4, -0.2) is 51.9 Å². The van der Waals surface area contributed by atoms with E-state index in [4.69, 9.17) is 0 Å². The zero-order valence-electron chi connectivity index (χ0n) is 26.6. The van der Waals surface area contributed by atoms with E-state index in [1.165, 1.54) is 0 Å². The largest absolute Gasteiger partial charge is 0.348 e. The molecule has 1 heterocycles. The third kappa shape index (κ3) is 9.00. The average molecular weight is 597 g/mol. The number of carbonyl (C=O) groups excluding carboxylic acids is 2. The third-order valence-corrected chi connectivity index (χ3v) is 8.47. The zero-order chi connectivity index (χ0) is 31.3. The second-order valence-corrected chi connectivity index (χ2v) is 11.4. The van der Waals surface area contributed by atoms with E-state index in [0.29, 0.717) is 31.1 Å². The Bertz CT molecular complexity index is 1440. The summed E-state index contributed by atoms with van der Waals surface area (Å²) in [4.78, 5) is 36.9. The van der Waals surface area contributed by atoms with Crippen LogP contribution < -0.4 is 16.0 Å². The van der Waals surface area contributed by atoms with Crippen molar-refractivity contribution < 1.29 is 9.59 Å². The van der Waals surface area contributed by atoms with Crippen LogP contribution >= 0.6 is 0 Å². The monoisotopic (exact) mass is 596 g/mol. The summed E-state index contributed by atoms with van der Waals surface area (Å²) in [6, 6.07) is 21.5. The third-order valence-electron chi connectivity index (χ3n) is 8.47. The lowest BCUT2D eigenvalue weighted by molar-refractivity contribution is -0.123. The smallest absolute Gasteiger partial charge is 0.251 e. The maximum absolute atomic E-state index is 13.7. The van der Waals surface area contributed by atoms with Gasteiger partial charge in [0, 0.05) is 30.5 Å². The highest BCUT2D eigenvalue weighted by Crippen LogP contribution is 2.24. The number of H-pyrrole nitrogens is 1. The molecule has 234 valence electrons. The Morgan fingerprint density at radius 2 is 1.66 bits per heavy atom. The van der Waals surface area contributed by atoms with Crippen LogP contribution in [0.5, 0.6) is 0 Å². The molecular formula is C36H48N6O2. The maximum atomic E-state index is 13.7. The lowest BCUT2D eigenvalue weighted by atomic mass is 9.99. The standard InChI is InChI=1S/C36H48N6O2/c1-5-30(6-2)42(7-3)23-11-16-33(36(44)40-26(4)31-15-10-13-28-12-8-9-14-32(28)31)41-35(43)29-19-17-27(18-20-29)24-37-25-34-38-21-22-39-34/h8-10,12-15,17-22,26,30,33,37H,5-7,11,16,23-25H2,1-4H3,(H,38,39)(H,40,44)(H,41,43)/t26?,33-/m0/s1. The second-order valence-electron chi connectivity index (χ2n) is 11.4. The molecule has 0 spiro atoms. The van der Waals surface area contributed by atoms with Crippen molar-refractivity contribution in [3.8, 4) is 0 Å². The molecule has 0 radical (unpaired) electrons. The van der Waals surface area contributed by atoms with E-state index in [1.807, 2.05) is 49.4 Å². The second kappa shape index (κ2) is 16.7. The fourth-order valence-electron chi connectivity index (χ4n) is 5.93. The minimum absolute atomic E-state index is 0.164. The van der Waals surface area contributed by atoms with Gasteiger partial charge in [0.05, 0.1) is 12.6 Å². The summed E-state index contributed by atoms with van der Waals surface area (Å²) in [7, 11) is 0. The van der Waals surface area contributed by atoms with Gasteiger partial charge in [0.15, 0.2) is 0 Å². The van der Waals surface area contributed by atoms with Gasteiger partial charge in [0.1, 0.15) is 11.9 Å². The molecule has 0 aliphatic heterocycles. The molecule has 2 atom stereocenters. The predicted molar refractivity (Wildman–Crippen MR) is 178 cm³/mol. The average Bonchev–Trinajstić information content (AvgIpc) is 3.57. The van der Waals surface area contributed by atoms with Crippen LogP contribution in [0.1, 0.15) is 86.7 Å². The minimum atomic E-state index is -0.644. The zero-order valence-corrected chi connectivity index (χ0v) is 26.6. The Morgan fingerprint density at radius 1 is 0.909 bits per heavy atom. The van der Waals surface area contributed by atoms with E-state index in [1.54, 1.807) is 12.4 Å². The van der Waals surface area contributed by atoms with Gasteiger partial charge in [-0.05, 0) is 79.7 Å². The number of aromatic nitrogens is 2. The first-order valence-corrected chi connectivity index (χ1v) is 16.0. The van der Waals surface area contributed by atoms with Crippen LogP contribution in [0.4, 0.5) is 0 Å². The van der Waals surface area contributed by atoms with Crippen molar-refractivity contribution >= 4 is 22.6 Å². The summed E-state index contributed by atoms with van der Waals surface area (Å²) >= 11 is 0. The van der Waals surface area contributed by atoms with Gasteiger partial charge in [0.25, 0.3) is 5.91 Å². The summed E-state index contributed by atoms with van der Waals surface area (Å²) in [6.07, 6.45) is 7.10. The van der Waals surface area contributed by atoms with Crippen LogP contribution in [0.2, 0.25) is 0 Å². The fourth-order valence-corrected chi connectivity index (χ4v) is 5.93. The number of imidazole rings is 1. The highest BCUT2D eigenvalue weighted by molar-refractivity contribution is 5.97. The topological polar surface area (TPSA) is 102 Å². The van der Waals surface area contributed by atoms with Gasteiger partial charge in [-0.1, -0.05) is 75.4 Å². The number of fused-ring (bicyclic) bond motifs is 1. The molecule has 0 fully saturated rings. The molecule has 3 aromatic carbocycles. The molecule has 4 rings (SSSR count). The highest BCUT2D eigenvalue weighted by atomic mass is 16.2. The Labute approximate surface area is 262 Å². The number of hydrogen-bond acceptors (Lipinski definition) is 5. The number of nitrogens with zero attached hydrogens (tertiary/aromatic N) is 2. The van der Waals surface area contributed by atoms with Gasteiger partial charge in [-0.3, -0.25) is 9.59 Å². The van der Waals surface area contributed by atoms with Crippen molar-refractivity contribution in [1.82, 2.24) is 30.8 Å². The summed E-state index contributed by atoms with van der Waals surface area (Å²) in [6.45, 7) is 11.8. The van der Waals surface area contributed by atoms with E-state index < -0.39 is 6.04 Å². The molecule has 2 amide bonds. The number of nitrogens with one attached hydrogen (secondary N) is 4. The van der Waals surface area contributed by atoms with Gasteiger partial charge in [0.2, 0.25) is 5.91 Å². The van der Waals surface area contributed by atoms with Gasteiger partial charge in [-0.25, -0.2) is 4.98 Å². The van der Waals surface area contributed by atoms with Gasteiger partial charge >= 0.3 is 0 Å². The lowest BCUT2D eigenvalue weighted by Crippen LogP contribution is -2.47. The molecule has 0 saturated heterocycles. The SMILES string of the molecule is CCC(CC)N(CC)CCC[C@H](NC(=O)c1ccc(CNCc2ncc[nH]2)cc1)C(=O)NC(C)c1cccc2ccccc12. The van der Waals surface area contributed by atoms with Crippen LogP contribution in [0.25, 0.3) is 10.8 Å². The molecule has 44 heavy (non-hydrogen) atoms. The summed E-state index contributed by atoms with van der Waals surface area (Å²) in [5.41, 5.74) is 2.66. The number of benzene rings is 3. The molecular weight excluding hydrogens is 548 g/mol. The molecule has 8 heteroatoms. The summed E-state index contributed by atoms with van der Waals surface area (Å²) < 4.78 is 0. The van der Waals surface area contributed by atoms with Crippen molar-refractivity contribution in [1.29, 1.82) is 0 Å². The van der Waals surface area contributed by atoms with Crippen LogP contribution in [0.3, 0.4) is 0 Å². The van der Waals surface area contributed by atoms with Crippen molar-refractivity contribution in [2.75, 3.05) is 13.1 Å². The highest BCUT2D eigenvalue weighted by Gasteiger charge is 2.24. The van der Waals surface area contributed by atoms with Crippen molar-refractivity contribution in [3.05, 3.63) is 102 Å². The van der Waals surface area contributed by atoms with E-state index in [0.717, 1.165) is 60.1 Å². The van der Waals surface area contributed by atoms with E-state index in [2.05, 4.69) is 75.9 Å². The van der Waals surface area contributed by atoms with Gasteiger partial charge in [-0.2, -0.15) is 0 Å². The predicted octanol–water partition coefficient (Wildman–Crippen LogP) is 6.12. The summed E-state index contributed by atoms with van der Waals surface area (Å²) in [5, 5.41) is 11.9. The fraction of sp³-hybridized carbons (Fsp3) is 0.417. The van der Waals surface area contributed by atoms with E-state index in [-0.39, 0.29) is 17.9 Å². The number of carbonyl (C=O) groups is 2. The molecule has 0 saturated carbocycles. The van der Waals surface area contributed by atoms with E-state index >= 15 is 0 Å². The van der Waals surface area contributed by atoms with Crippen molar-refractivity contribution in [2.45, 2.75) is 84.6 Å². The number of rotatable bonds is 17. The molecule has 1 unspecified atom stereocenters. The number of amides is 2. The molecule has 8 nitrogen and oxygen atoms in total. The number of aromatic amines is 1. The van der Waals surface area contributed by atoms with Gasteiger partial charge in [-0.15, -0.1) is 0 Å².